The molecule has 1 aromatic carbocycles. The maximum Gasteiger partial charge on any atom is 0.253 e. The fraction of sp³-hybridized carbons (Fsp3) is 0.571. The predicted octanol–water partition coefficient (Wildman–Crippen LogP) is 2.05. The Morgan fingerprint density at radius 2 is 1.79 bits per heavy atom. The van der Waals surface area contributed by atoms with E-state index in [0.717, 1.165) is 18.7 Å². The van der Waals surface area contributed by atoms with E-state index in [-0.39, 0.29) is 30.3 Å². The van der Waals surface area contributed by atoms with Gasteiger partial charge in [0.1, 0.15) is 12.6 Å². The van der Waals surface area contributed by atoms with E-state index in [0.29, 0.717) is 35.6 Å². The molecule has 0 radical (unpaired) electrons. The van der Waals surface area contributed by atoms with Crippen molar-refractivity contribution in [1.82, 2.24) is 14.7 Å². The quantitative estimate of drug-likeness (QED) is 0.778. The SMILES string of the molecule is C[C@@H]1C[C@@H](C)CN(C(=O)c2ccc(CN3CC(=O)N4CSC[C@H]4C3=O)cc2)C1. The molecule has 1 aromatic rings. The smallest absolute Gasteiger partial charge is 0.253 e. The lowest BCUT2D eigenvalue weighted by atomic mass is 9.91. The highest BCUT2D eigenvalue weighted by Gasteiger charge is 2.42. The number of fused-ring (bicyclic) bond motifs is 1. The molecule has 28 heavy (non-hydrogen) atoms. The van der Waals surface area contributed by atoms with Crippen molar-refractivity contribution in [3.63, 3.8) is 0 Å². The van der Waals surface area contributed by atoms with Crippen molar-refractivity contribution in [2.75, 3.05) is 31.3 Å². The third-order valence-corrected chi connectivity index (χ3v) is 6.87. The Balaban J connectivity index is 1.41. The summed E-state index contributed by atoms with van der Waals surface area (Å²) in [5.74, 6) is 2.49. The number of carbonyl (C=O) groups is 3. The second-order valence-electron chi connectivity index (χ2n) is 8.43. The van der Waals surface area contributed by atoms with E-state index in [1.54, 1.807) is 21.6 Å². The third kappa shape index (κ3) is 3.77. The highest BCUT2D eigenvalue weighted by molar-refractivity contribution is 7.99. The van der Waals surface area contributed by atoms with Crippen LogP contribution in [0.4, 0.5) is 0 Å². The molecule has 3 saturated heterocycles. The van der Waals surface area contributed by atoms with Crippen molar-refractivity contribution in [3.05, 3.63) is 35.4 Å². The molecule has 3 aliphatic heterocycles. The summed E-state index contributed by atoms with van der Waals surface area (Å²) in [5.41, 5.74) is 1.63. The van der Waals surface area contributed by atoms with Gasteiger partial charge in [0.15, 0.2) is 0 Å². The van der Waals surface area contributed by atoms with Crippen molar-refractivity contribution in [3.8, 4) is 0 Å². The van der Waals surface area contributed by atoms with E-state index < -0.39 is 0 Å². The topological polar surface area (TPSA) is 60.9 Å². The Labute approximate surface area is 170 Å². The number of thioether (sulfide) groups is 1. The summed E-state index contributed by atoms with van der Waals surface area (Å²) in [5, 5.41) is 0. The molecule has 3 aliphatic rings. The number of hydrogen-bond donors (Lipinski definition) is 0. The summed E-state index contributed by atoms with van der Waals surface area (Å²) in [7, 11) is 0. The first-order valence-electron chi connectivity index (χ1n) is 9.96. The largest absolute Gasteiger partial charge is 0.338 e. The van der Waals surface area contributed by atoms with E-state index in [1.807, 2.05) is 29.2 Å². The molecule has 0 spiro atoms. The van der Waals surface area contributed by atoms with E-state index in [9.17, 15) is 14.4 Å². The average Bonchev–Trinajstić information content (AvgIpc) is 3.16. The predicted molar refractivity (Wildman–Crippen MR) is 109 cm³/mol. The van der Waals surface area contributed by atoms with Crippen LogP contribution in [0.25, 0.3) is 0 Å². The minimum atomic E-state index is -0.310. The standard InChI is InChI=1S/C21H27N3O3S/c1-14-7-15(2)9-22(8-14)20(26)17-5-3-16(4-6-17)10-23-11-19(25)24-13-28-12-18(24)21(23)27/h3-6,14-15,18H,7-13H2,1-2H3/t14-,15-,18+/m1/s1. The average molecular weight is 402 g/mol. The van der Waals surface area contributed by atoms with Crippen LogP contribution in [0.5, 0.6) is 0 Å². The van der Waals surface area contributed by atoms with Gasteiger partial charge in [-0.05, 0) is 36.0 Å². The maximum absolute atomic E-state index is 12.8. The van der Waals surface area contributed by atoms with Gasteiger partial charge in [-0.15, -0.1) is 11.8 Å². The van der Waals surface area contributed by atoms with Crippen LogP contribution in [0.2, 0.25) is 0 Å². The summed E-state index contributed by atoms with van der Waals surface area (Å²) in [6.45, 7) is 6.56. The number of carbonyl (C=O) groups excluding carboxylic acids is 3. The Kier molecular flexibility index (Phi) is 5.36. The van der Waals surface area contributed by atoms with E-state index in [4.69, 9.17) is 0 Å². The summed E-state index contributed by atoms with van der Waals surface area (Å²) >= 11 is 1.63. The van der Waals surface area contributed by atoms with Crippen LogP contribution >= 0.6 is 11.8 Å². The molecule has 0 bridgehead atoms. The van der Waals surface area contributed by atoms with Crippen LogP contribution in [0.15, 0.2) is 24.3 Å². The molecule has 3 fully saturated rings. The fourth-order valence-electron chi connectivity index (χ4n) is 4.55. The molecule has 0 unspecified atom stereocenters. The van der Waals surface area contributed by atoms with Crippen molar-refractivity contribution >= 4 is 29.5 Å². The fourth-order valence-corrected chi connectivity index (χ4v) is 5.73. The number of likely N-dealkylation sites (tertiary alicyclic amines) is 1. The first-order chi connectivity index (χ1) is 13.4. The zero-order valence-electron chi connectivity index (χ0n) is 16.5. The summed E-state index contributed by atoms with van der Waals surface area (Å²) < 4.78 is 0. The monoisotopic (exact) mass is 401 g/mol. The van der Waals surface area contributed by atoms with Crippen molar-refractivity contribution < 1.29 is 14.4 Å². The molecule has 0 aromatic heterocycles. The summed E-state index contributed by atoms with van der Waals surface area (Å²) in [4.78, 5) is 43.0. The summed E-state index contributed by atoms with van der Waals surface area (Å²) in [6, 6.07) is 7.18. The Morgan fingerprint density at radius 3 is 2.46 bits per heavy atom. The first kappa shape index (κ1) is 19.3. The Bertz CT molecular complexity index is 772. The molecule has 3 amide bonds. The number of benzene rings is 1. The second-order valence-corrected chi connectivity index (χ2v) is 9.43. The minimum Gasteiger partial charge on any atom is -0.338 e. The van der Waals surface area contributed by atoms with Gasteiger partial charge in [-0.25, -0.2) is 0 Å². The van der Waals surface area contributed by atoms with Crippen molar-refractivity contribution in [2.45, 2.75) is 32.9 Å². The van der Waals surface area contributed by atoms with Gasteiger partial charge in [0.25, 0.3) is 5.91 Å². The molecule has 6 nitrogen and oxygen atoms in total. The van der Waals surface area contributed by atoms with Crippen LogP contribution in [0.3, 0.4) is 0 Å². The van der Waals surface area contributed by atoms with Gasteiger partial charge >= 0.3 is 0 Å². The van der Waals surface area contributed by atoms with Crippen LogP contribution < -0.4 is 0 Å². The maximum atomic E-state index is 12.8. The molecule has 0 N–H and O–H groups in total. The number of hydrogen-bond acceptors (Lipinski definition) is 4. The Morgan fingerprint density at radius 1 is 1.11 bits per heavy atom. The van der Waals surface area contributed by atoms with E-state index >= 15 is 0 Å². The van der Waals surface area contributed by atoms with Gasteiger partial charge in [-0.1, -0.05) is 26.0 Å². The number of rotatable bonds is 3. The molecular formula is C21H27N3O3S. The zero-order valence-corrected chi connectivity index (χ0v) is 17.3. The second kappa shape index (κ2) is 7.78. The number of piperazine rings is 1. The lowest BCUT2D eigenvalue weighted by Gasteiger charge is -2.36. The van der Waals surface area contributed by atoms with Crippen LogP contribution in [0.1, 0.15) is 36.2 Å². The molecular weight excluding hydrogens is 374 g/mol. The molecule has 0 aliphatic carbocycles. The number of piperidine rings is 1. The first-order valence-corrected chi connectivity index (χ1v) is 11.1. The molecule has 150 valence electrons. The molecule has 4 rings (SSSR count). The van der Waals surface area contributed by atoms with Crippen LogP contribution in [0, 0.1) is 11.8 Å². The number of amides is 3. The van der Waals surface area contributed by atoms with Gasteiger partial charge in [0, 0.05) is 31.0 Å². The lowest BCUT2D eigenvalue weighted by molar-refractivity contribution is -0.153. The summed E-state index contributed by atoms with van der Waals surface area (Å²) in [6.07, 6.45) is 1.17. The van der Waals surface area contributed by atoms with Gasteiger partial charge in [-0.2, -0.15) is 0 Å². The van der Waals surface area contributed by atoms with Crippen LogP contribution in [-0.4, -0.2) is 69.7 Å². The minimum absolute atomic E-state index is 0.0229. The molecule has 3 heterocycles. The van der Waals surface area contributed by atoms with Crippen LogP contribution in [-0.2, 0) is 16.1 Å². The van der Waals surface area contributed by atoms with Crippen molar-refractivity contribution in [2.24, 2.45) is 11.8 Å². The van der Waals surface area contributed by atoms with Gasteiger partial charge < -0.3 is 14.7 Å². The molecule has 3 atom stereocenters. The molecule has 7 heteroatoms. The van der Waals surface area contributed by atoms with E-state index in [2.05, 4.69) is 13.8 Å². The van der Waals surface area contributed by atoms with Crippen molar-refractivity contribution in [1.29, 1.82) is 0 Å². The Hall–Kier alpha value is -2.02. The highest BCUT2D eigenvalue weighted by atomic mass is 32.2. The van der Waals surface area contributed by atoms with Gasteiger partial charge in [0.2, 0.25) is 11.8 Å². The van der Waals surface area contributed by atoms with Gasteiger partial charge in [-0.3, -0.25) is 14.4 Å². The highest BCUT2D eigenvalue weighted by Crippen LogP contribution is 2.27. The lowest BCUT2D eigenvalue weighted by Crippen LogP contribution is -2.57. The van der Waals surface area contributed by atoms with E-state index in [1.165, 1.54) is 6.42 Å². The normalized spacial score (nSPS) is 27.9. The molecule has 0 saturated carbocycles. The van der Waals surface area contributed by atoms with Gasteiger partial charge in [0.05, 0.1) is 5.88 Å². The number of nitrogens with zero attached hydrogens (tertiary/aromatic N) is 3. The zero-order chi connectivity index (χ0) is 19.8. The third-order valence-electron chi connectivity index (χ3n) is 5.86.